The van der Waals surface area contributed by atoms with Crippen molar-refractivity contribution in [2.24, 2.45) is 0 Å². The second kappa shape index (κ2) is 7.37. The van der Waals surface area contributed by atoms with Crippen molar-refractivity contribution in [1.82, 2.24) is 10.2 Å². The van der Waals surface area contributed by atoms with Crippen LogP contribution < -0.4 is 5.32 Å². The van der Waals surface area contributed by atoms with Gasteiger partial charge in [-0.05, 0) is 38.4 Å². The lowest BCUT2D eigenvalue weighted by Gasteiger charge is -2.25. The Morgan fingerprint density at radius 2 is 2.35 bits per heavy atom. The molecule has 1 aromatic rings. The van der Waals surface area contributed by atoms with E-state index in [-0.39, 0.29) is 11.4 Å². The summed E-state index contributed by atoms with van der Waals surface area (Å²) in [7, 11) is 0. The van der Waals surface area contributed by atoms with Crippen LogP contribution in [0.3, 0.4) is 0 Å². The molecule has 20 heavy (non-hydrogen) atoms. The smallest absolute Gasteiger partial charge is 0.145 e. The molecular formula is C16H22FN3. The number of nitriles is 1. The van der Waals surface area contributed by atoms with E-state index in [1.54, 1.807) is 12.1 Å². The van der Waals surface area contributed by atoms with Gasteiger partial charge in [-0.1, -0.05) is 19.1 Å². The van der Waals surface area contributed by atoms with Crippen LogP contribution in [0.15, 0.2) is 18.2 Å². The van der Waals surface area contributed by atoms with Crippen LogP contribution in [-0.2, 0) is 6.54 Å². The Hall–Kier alpha value is -1.44. The van der Waals surface area contributed by atoms with Gasteiger partial charge in [-0.25, -0.2) is 4.39 Å². The molecule has 4 heteroatoms. The van der Waals surface area contributed by atoms with E-state index in [4.69, 9.17) is 5.26 Å². The highest BCUT2D eigenvalue weighted by atomic mass is 19.1. The highest BCUT2D eigenvalue weighted by Crippen LogP contribution is 2.16. The number of hydrogen-bond acceptors (Lipinski definition) is 3. The minimum atomic E-state index is -0.365. The largest absolute Gasteiger partial charge is 0.313 e. The Morgan fingerprint density at radius 3 is 3.00 bits per heavy atom. The van der Waals surface area contributed by atoms with Gasteiger partial charge in [0.15, 0.2) is 0 Å². The molecule has 1 atom stereocenters. The van der Waals surface area contributed by atoms with E-state index in [0.29, 0.717) is 18.2 Å². The maximum absolute atomic E-state index is 14.1. The SMILES string of the molecule is CCCN(Cc1cccc(C#N)c1F)CC1CCCN1. The van der Waals surface area contributed by atoms with Gasteiger partial charge in [-0.15, -0.1) is 0 Å². The average Bonchev–Trinajstić information content (AvgIpc) is 2.94. The maximum Gasteiger partial charge on any atom is 0.145 e. The zero-order chi connectivity index (χ0) is 14.4. The van der Waals surface area contributed by atoms with Crippen molar-refractivity contribution in [2.45, 2.75) is 38.8 Å². The predicted molar refractivity (Wildman–Crippen MR) is 77.7 cm³/mol. The normalized spacial score (nSPS) is 18.4. The summed E-state index contributed by atoms with van der Waals surface area (Å²) in [5.41, 5.74) is 0.758. The average molecular weight is 275 g/mol. The van der Waals surface area contributed by atoms with Crippen LogP contribution in [-0.4, -0.2) is 30.6 Å². The molecule has 0 saturated carbocycles. The molecule has 1 heterocycles. The van der Waals surface area contributed by atoms with Gasteiger partial charge in [0, 0.05) is 24.7 Å². The second-order valence-corrected chi connectivity index (χ2v) is 5.42. The lowest BCUT2D eigenvalue weighted by molar-refractivity contribution is 0.238. The van der Waals surface area contributed by atoms with Crippen molar-refractivity contribution in [3.8, 4) is 6.07 Å². The van der Waals surface area contributed by atoms with E-state index in [2.05, 4.69) is 17.1 Å². The third kappa shape index (κ3) is 3.78. The molecule has 1 N–H and O–H groups in total. The molecule has 108 valence electrons. The Morgan fingerprint density at radius 1 is 1.50 bits per heavy atom. The summed E-state index contributed by atoms with van der Waals surface area (Å²) in [5, 5.41) is 12.4. The summed E-state index contributed by atoms with van der Waals surface area (Å²) >= 11 is 0. The van der Waals surface area contributed by atoms with Gasteiger partial charge in [0.1, 0.15) is 11.9 Å². The Balaban J connectivity index is 2.05. The third-order valence-corrected chi connectivity index (χ3v) is 3.77. The lowest BCUT2D eigenvalue weighted by Crippen LogP contribution is -2.37. The number of rotatable bonds is 6. The molecule has 2 rings (SSSR count). The van der Waals surface area contributed by atoms with Gasteiger partial charge in [-0.2, -0.15) is 5.26 Å². The standard InChI is InChI=1S/C16H22FN3/c1-2-9-20(12-15-7-4-8-19-15)11-14-6-3-5-13(10-18)16(14)17/h3,5-6,15,19H,2,4,7-9,11-12H2,1H3. The summed E-state index contributed by atoms with van der Waals surface area (Å²) in [4.78, 5) is 2.28. The van der Waals surface area contributed by atoms with E-state index in [1.165, 1.54) is 18.9 Å². The van der Waals surface area contributed by atoms with Crippen LogP contribution in [0, 0.1) is 17.1 Å². The van der Waals surface area contributed by atoms with Gasteiger partial charge in [-0.3, -0.25) is 4.90 Å². The fourth-order valence-corrected chi connectivity index (χ4v) is 2.80. The number of nitrogens with one attached hydrogen (secondary N) is 1. The topological polar surface area (TPSA) is 39.1 Å². The highest BCUT2D eigenvalue weighted by Gasteiger charge is 2.19. The molecule has 0 aliphatic carbocycles. The predicted octanol–water partition coefficient (Wildman–Crippen LogP) is 2.66. The van der Waals surface area contributed by atoms with Crippen LogP contribution in [0.4, 0.5) is 4.39 Å². The summed E-state index contributed by atoms with van der Waals surface area (Å²) in [6, 6.07) is 7.49. The van der Waals surface area contributed by atoms with E-state index in [9.17, 15) is 4.39 Å². The van der Waals surface area contributed by atoms with Gasteiger partial charge in [0.05, 0.1) is 5.56 Å². The monoisotopic (exact) mass is 275 g/mol. The van der Waals surface area contributed by atoms with Crippen molar-refractivity contribution < 1.29 is 4.39 Å². The molecule has 3 nitrogen and oxygen atoms in total. The Kier molecular flexibility index (Phi) is 5.51. The molecule has 1 saturated heterocycles. The zero-order valence-corrected chi connectivity index (χ0v) is 12.0. The number of halogens is 1. The first kappa shape index (κ1) is 15.0. The van der Waals surface area contributed by atoms with Crippen molar-refractivity contribution in [3.63, 3.8) is 0 Å². The van der Waals surface area contributed by atoms with E-state index < -0.39 is 0 Å². The second-order valence-electron chi connectivity index (χ2n) is 5.42. The molecule has 1 unspecified atom stereocenters. The quantitative estimate of drug-likeness (QED) is 0.867. The Bertz CT molecular complexity index is 475. The van der Waals surface area contributed by atoms with Crippen LogP contribution in [0.2, 0.25) is 0 Å². The summed E-state index contributed by atoms with van der Waals surface area (Å²) in [5.74, 6) is -0.365. The first-order chi connectivity index (χ1) is 9.74. The fraction of sp³-hybridized carbons (Fsp3) is 0.562. The molecule has 1 aliphatic rings. The molecule has 0 bridgehead atoms. The minimum Gasteiger partial charge on any atom is -0.313 e. The molecule has 1 fully saturated rings. The van der Waals surface area contributed by atoms with Gasteiger partial charge >= 0.3 is 0 Å². The number of nitrogens with zero attached hydrogens (tertiary/aromatic N) is 2. The fourth-order valence-electron chi connectivity index (χ4n) is 2.80. The van der Waals surface area contributed by atoms with Crippen LogP contribution in [0.1, 0.15) is 37.3 Å². The number of benzene rings is 1. The maximum atomic E-state index is 14.1. The molecule has 0 aromatic heterocycles. The minimum absolute atomic E-state index is 0.137. The van der Waals surface area contributed by atoms with Crippen molar-refractivity contribution in [1.29, 1.82) is 5.26 Å². The summed E-state index contributed by atoms with van der Waals surface area (Å²) in [6.07, 6.45) is 3.47. The summed E-state index contributed by atoms with van der Waals surface area (Å²) < 4.78 is 14.1. The van der Waals surface area contributed by atoms with E-state index >= 15 is 0 Å². The van der Waals surface area contributed by atoms with E-state index in [1.807, 2.05) is 6.07 Å². The molecule has 0 spiro atoms. The molecule has 0 radical (unpaired) electrons. The van der Waals surface area contributed by atoms with Crippen molar-refractivity contribution >= 4 is 0 Å². The molecular weight excluding hydrogens is 253 g/mol. The molecule has 1 aliphatic heterocycles. The first-order valence-corrected chi connectivity index (χ1v) is 7.37. The zero-order valence-electron chi connectivity index (χ0n) is 12.0. The van der Waals surface area contributed by atoms with Crippen LogP contribution >= 0.6 is 0 Å². The lowest BCUT2D eigenvalue weighted by atomic mass is 10.1. The van der Waals surface area contributed by atoms with E-state index in [0.717, 1.165) is 26.1 Å². The van der Waals surface area contributed by atoms with Crippen molar-refractivity contribution in [3.05, 3.63) is 35.1 Å². The highest BCUT2D eigenvalue weighted by molar-refractivity contribution is 5.34. The number of hydrogen-bond donors (Lipinski definition) is 1. The summed E-state index contributed by atoms with van der Waals surface area (Å²) in [6.45, 7) is 5.70. The van der Waals surface area contributed by atoms with Crippen LogP contribution in [0.5, 0.6) is 0 Å². The van der Waals surface area contributed by atoms with Gasteiger partial charge < -0.3 is 5.32 Å². The van der Waals surface area contributed by atoms with Gasteiger partial charge in [0.25, 0.3) is 0 Å². The van der Waals surface area contributed by atoms with Crippen LogP contribution in [0.25, 0.3) is 0 Å². The van der Waals surface area contributed by atoms with Crippen molar-refractivity contribution in [2.75, 3.05) is 19.6 Å². The molecule has 1 aromatic carbocycles. The van der Waals surface area contributed by atoms with Gasteiger partial charge in [0.2, 0.25) is 0 Å². The Labute approximate surface area is 120 Å². The molecule has 0 amide bonds. The first-order valence-electron chi connectivity index (χ1n) is 7.37. The third-order valence-electron chi connectivity index (χ3n) is 3.77.